The minimum Gasteiger partial charge on any atom is -0.310 e. The van der Waals surface area contributed by atoms with Gasteiger partial charge < -0.3 is 5.32 Å². The lowest BCUT2D eigenvalue weighted by Gasteiger charge is -2.15. The number of carbonyl (C=O) groups excluding carboxylic acids is 2. The molecule has 0 spiro atoms. The number of benzene rings is 1. The Labute approximate surface area is 107 Å². The second kappa shape index (κ2) is 5.31. The summed E-state index contributed by atoms with van der Waals surface area (Å²) in [5, 5.41) is 3.31. The van der Waals surface area contributed by atoms with E-state index >= 15 is 0 Å². The molecule has 0 aromatic heterocycles. The zero-order valence-corrected chi connectivity index (χ0v) is 10.8. The van der Waals surface area contributed by atoms with Crippen molar-refractivity contribution in [3.63, 3.8) is 0 Å². The molecule has 0 bridgehead atoms. The van der Waals surface area contributed by atoms with E-state index in [0.29, 0.717) is 24.6 Å². The van der Waals surface area contributed by atoms with E-state index in [1.54, 1.807) is 6.07 Å². The highest BCUT2D eigenvalue weighted by atomic mass is 16.2. The first-order valence-corrected chi connectivity index (χ1v) is 6.26. The van der Waals surface area contributed by atoms with E-state index in [0.717, 1.165) is 12.1 Å². The molecule has 96 valence electrons. The summed E-state index contributed by atoms with van der Waals surface area (Å²) in [4.78, 5) is 24.6. The van der Waals surface area contributed by atoms with Gasteiger partial charge in [0, 0.05) is 25.4 Å². The summed E-state index contributed by atoms with van der Waals surface area (Å²) in [6, 6.07) is 7.98. The lowest BCUT2D eigenvalue weighted by molar-refractivity contribution is -0.121. The highest BCUT2D eigenvalue weighted by Gasteiger charge is 2.30. The van der Waals surface area contributed by atoms with Gasteiger partial charge in [0.1, 0.15) is 0 Å². The van der Waals surface area contributed by atoms with Gasteiger partial charge in [-0.05, 0) is 17.7 Å². The fraction of sp³-hybridized carbons (Fsp3) is 0.429. The van der Waals surface area contributed by atoms with E-state index in [-0.39, 0.29) is 11.8 Å². The van der Waals surface area contributed by atoms with Crippen LogP contribution in [0.3, 0.4) is 0 Å². The number of hydrogen-bond donors (Lipinski definition) is 1. The van der Waals surface area contributed by atoms with Crippen LogP contribution < -0.4 is 10.2 Å². The van der Waals surface area contributed by atoms with Crippen LogP contribution >= 0.6 is 0 Å². The van der Waals surface area contributed by atoms with E-state index in [1.807, 2.05) is 18.2 Å². The van der Waals surface area contributed by atoms with Gasteiger partial charge in [0.25, 0.3) is 0 Å². The molecule has 2 rings (SSSR count). The molecule has 1 aliphatic rings. The van der Waals surface area contributed by atoms with E-state index in [2.05, 4.69) is 19.2 Å². The summed E-state index contributed by atoms with van der Waals surface area (Å²) in [5.74, 6) is -0.206. The van der Waals surface area contributed by atoms with Gasteiger partial charge in [-0.15, -0.1) is 0 Å². The van der Waals surface area contributed by atoms with Gasteiger partial charge >= 0.3 is 0 Å². The number of amides is 2. The summed E-state index contributed by atoms with van der Waals surface area (Å²) >= 11 is 0. The van der Waals surface area contributed by atoms with Crippen LogP contribution in [0.25, 0.3) is 0 Å². The number of rotatable bonds is 4. The summed E-state index contributed by atoms with van der Waals surface area (Å²) in [6.07, 6.45) is 0.653. The third-order valence-electron chi connectivity index (χ3n) is 2.93. The van der Waals surface area contributed by atoms with E-state index in [9.17, 15) is 9.59 Å². The molecular weight excluding hydrogens is 228 g/mol. The smallest absolute Gasteiger partial charge is 0.234 e. The third-order valence-corrected chi connectivity index (χ3v) is 2.93. The van der Waals surface area contributed by atoms with Crippen molar-refractivity contribution in [1.82, 2.24) is 5.32 Å². The van der Waals surface area contributed by atoms with E-state index in [4.69, 9.17) is 0 Å². The summed E-state index contributed by atoms with van der Waals surface area (Å²) < 4.78 is 0. The van der Waals surface area contributed by atoms with Crippen LogP contribution in [0, 0.1) is 0 Å². The second-order valence-corrected chi connectivity index (χ2v) is 4.83. The zero-order valence-electron chi connectivity index (χ0n) is 10.8. The monoisotopic (exact) mass is 246 g/mol. The Morgan fingerprint density at radius 2 is 1.89 bits per heavy atom. The molecule has 1 aromatic carbocycles. The van der Waals surface area contributed by atoms with Crippen LogP contribution in [0.2, 0.25) is 0 Å². The van der Waals surface area contributed by atoms with Crippen LogP contribution in [0.15, 0.2) is 24.3 Å². The standard InChI is InChI=1S/C14H18N2O2/c1-10(2)15-9-11-4-3-5-12(8-11)16-13(17)6-7-14(16)18/h3-5,8,10,15H,6-7,9H2,1-2H3. The van der Waals surface area contributed by atoms with Gasteiger partial charge in [-0.1, -0.05) is 26.0 Å². The van der Waals surface area contributed by atoms with Crippen molar-refractivity contribution in [3.05, 3.63) is 29.8 Å². The van der Waals surface area contributed by atoms with Crippen LogP contribution in [0.1, 0.15) is 32.3 Å². The topological polar surface area (TPSA) is 49.4 Å². The number of imide groups is 1. The van der Waals surface area contributed by atoms with Crippen molar-refractivity contribution < 1.29 is 9.59 Å². The van der Waals surface area contributed by atoms with Gasteiger partial charge in [-0.25, -0.2) is 0 Å². The maximum absolute atomic E-state index is 11.7. The molecule has 2 amide bonds. The van der Waals surface area contributed by atoms with Gasteiger partial charge in [-0.2, -0.15) is 0 Å². The Kier molecular flexibility index (Phi) is 3.77. The first kappa shape index (κ1) is 12.8. The minimum atomic E-state index is -0.103. The van der Waals surface area contributed by atoms with Crippen molar-refractivity contribution in [2.24, 2.45) is 0 Å². The van der Waals surface area contributed by atoms with Crippen molar-refractivity contribution in [3.8, 4) is 0 Å². The van der Waals surface area contributed by atoms with Gasteiger partial charge in [-0.3, -0.25) is 14.5 Å². The summed E-state index contributed by atoms with van der Waals surface area (Å²) in [5.41, 5.74) is 1.76. The Morgan fingerprint density at radius 1 is 1.22 bits per heavy atom. The molecule has 0 aliphatic carbocycles. The Hall–Kier alpha value is -1.68. The molecule has 1 N–H and O–H groups in total. The number of hydrogen-bond acceptors (Lipinski definition) is 3. The van der Waals surface area contributed by atoms with Crippen LogP contribution in [-0.4, -0.2) is 17.9 Å². The SMILES string of the molecule is CC(C)NCc1cccc(N2C(=O)CCC2=O)c1. The second-order valence-electron chi connectivity index (χ2n) is 4.83. The molecule has 0 saturated carbocycles. The Balaban J connectivity index is 2.16. The molecule has 1 heterocycles. The molecule has 18 heavy (non-hydrogen) atoms. The first-order valence-electron chi connectivity index (χ1n) is 6.26. The van der Waals surface area contributed by atoms with Crippen LogP contribution in [-0.2, 0) is 16.1 Å². The summed E-state index contributed by atoms with van der Waals surface area (Å²) in [7, 11) is 0. The molecule has 1 aliphatic heterocycles. The highest BCUT2D eigenvalue weighted by Crippen LogP contribution is 2.23. The molecule has 4 nitrogen and oxygen atoms in total. The van der Waals surface area contributed by atoms with Gasteiger partial charge in [0.2, 0.25) is 11.8 Å². The predicted molar refractivity (Wildman–Crippen MR) is 70.1 cm³/mol. The number of anilines is 1. The van der Waals surface area contributed by atoms with Crippen molar-refractivity contribution in [2.45, 2.75) is 39.3 Å². The normalized spacial score (nSPS) is 15.8. The number of nitrogens with one attached hydrogen (secondary N) is 1. The van der Waals surface area contributed by atoms with Gasteiger partial charge in [0.05, 0.1) is 5.69 Å². The van der Waals surface area contributed by atoms with Crippen LogP contribution in [0.4, 0.5) is 5.69 Å². The lowest BCUT2D eigenvalue weighted by Crippen LogP contribution is -2.28. The molecule has 4 heteroatoms. The Morgan fingerprint density at radius 3 is 2.50 bits per heavy atom. The maximum Gasteiger partial charge on any atom is 0.234 e. The van der Waals surface area contributed by atoms with Crippen molar-refractivity contribution >= 4 is 17.5 Å². The largest absolute Gasteiger partial charge is 0.310 e. The fourth-order valence-electron chi connectivity index (χ4n) is 1.99. The summed E-state index contributed by atoms with van der Waals surface area (Å²) in [6.45, 7) is 4.90. The molecule has 1 saturated heterocycles. The molecule has 1 fully saturated rings. The molecular formula is C14H18N2O2. The van der Waals surface area contributed by atoms with E-state index in [1.165, 1.54) is 4.90 Å². The molecule has 0 unspecified atom stereocenters. The fourth-order valence-corrected chi connectivity index (χ4v) is 1.99. The van der Waals surface area contributed by atoms with Crippen molar-refractivity contribution in [1.29, 1.82) is 0 Å². The lowest BCUT2D eigenvalue weighted by atomic mass is 10.2. The highest BCUT2D eigenvalue weighted by molar-refractivity contribution is 6.19. The maximum atomic E-state index is 11.7. The third kappa shape index (κ3) is 2.76. The number of carbonyl (C=O) groups is 2. The average Bonchev–Trinajstić information content (AvgIpc) is 2.67. The molecule has 0 atom stereocenters. The number of nitrogens with zero attached hydrogens (tertiary/aromatic N) is 1. The first-order chi connectivity index (χ1) is 8.58. The van der Waals surface area contributed by atoms with E-state index < -0.39 is 0 Å². The minimum absolute atomic E-state index is 0.103. The van der Waals surface area contributed by atoms with Gasteiger partial charge in [0.15, 0.2) is 0 Å². The van der Waals surface area contributed by atoms with Crippen LogP contribution in [0.5, 0.6) is 0 Å². The Bertz CT molecular complexity index is 453. The molecule has 0 radical (unpaired) electrons. The molecule has 1 aromatic rings. The predicted octanol–water partition coefficient (Wildman–Crippen LogP) is 1.84. The van der Waals surface area contributed by atoms with Crippen molar-refractivity contribution in [2.75, 3.05) is 4.90 Å². The average molecular weight is 246 g/mol. The quantitative estimate of drug-likeness (QED) is 0.825. The zero-order chi connectivity index (χ0) is 13.1.